The first kappa shape index (κ1) is 17.1. The molecule has 0 bridgehead atoms. The number of nitrogens with zero attached hydrogens (tertiary/aromatic N) is 2. The van der Waals surface area contributed by atoms with Crippen LogP contribution in [0.1, 0.15) is 46.4 Å². The second-order valence-corrected chi connectivity index (χ2v) is 7.63. The van der Waals surface area contributed by atoms with Crippen LogP contribution >= 0.6 is 11.3 Å². The summed E-state index contributed by atoms with van der Waals surface area (Å²) in [6.45, 7) is 5.26. The van der Waals surface area contributed by atoms with E-state index in [9.17, 15) is 9.90 Å². The van der Waals surface area contributed by atoms with E-state index in [-0.39, 0.29) is 17.9 Å². The Kier molecular flexibility index (Phi) is 5.31. The molecule has 1 N–H and O–H groups in total. The van der Waals surface area contributed by atoms with E-state index >= 15 is 0 Å². The molecule has 2 aromatic rings. The third kappa shape index (κ3) is 4.02. The summed E-state index contributed by atoms with van der Waals surface area (Å²) in [4.78, 5) is 19.0. The van der Waals surface area contributed by atoms with Gasteiger partial charge in [-0.25, -0.2) is 4.98 Å². The molecule has 1 aromatic heterocycles. The number of likely N-dealkylation sites (tertiary alicyclic amines) is 1. The topological polar surface area (TPSA) is 53.4 Å². The molecule has 4 nitrogen and oxygen atoms in total. The minimum Gasteiger partial charge on any atom is -0.393 e. The number of piperidine rings is 1. The van der Waals surface area contributed by atoms with Crippen LogP contribution in [0, 0.1) is 12.8 Å². The van der Waals surface area contributed by atoms with Crippen molar-refractivity contribution in [2.75, 3.05) is 13.1 Å². The minimum atomic E-state index is -0.367. The van der Waals surface area contributed by atoms with E-state index < -0.39 is 0 Å². The number of benzene rings is 1. The van der Waals surface area contributed by atoms with Gasteiger partial charge in [0, 0.05) is 30.8 Å². The first-order chi connectivity index (χ1) is 11.5. The molecule has 5 heteroatoms. The smallest absolute Gasteiger partial charge is 0.273 e. The van der Waals surface area contributed by atoms with Crippen LogP contribution in [0.15, 0.2) is 29.6 Å². The average molecular weight is 344 g/mol. The highest BCUT2D eigenvalue weighted by atomic mass is 32.1. The Bertz CT molecular complexity index is 694. The fourth-order valence-electron chi connectivity index (χ4n) is 3.12. The highest BCUT2D eigenvalue weighted by Gasteiger charge is 2.28. The lowest BCUT2D eigenvalue weighted by Crippen LogP contribution is -2.43. The van der Waals surface area contributed by atoms with Crippen LogP contribution < -0.4 is 0 Å². The van der Waals surface area contributed by atoms with Crippen LogP contribution in [0.3, 0.4) is 0 Å². The first-order valence-electron chi connectivity index (χ1n) is 8.50. The summed E-state index contributed by atoms with van der Waals surface area (Å²) in [5.41, 5.74) is 2.99. The van der Waals surface area contributed by atoms with E-state index in [1.165, 1.54) is 11.1 Å². The molecule has 2 atom stereocenters. The molecule has 0 saturated carbocycles. The van der Waals surface area contributed by atoms with Gasteiger partial charge in [-0.2, -0.15) is 0 Å². The Balaban J connectivity index is 1.66. The van der Waals surface area contributed by atoms with Crippen molar-refractivity contribution >= 4 is 17.2 Å². The van der Waals surface area contributed by atoms with Crippen LogP contribution in [-0.4, -0.2) is 40.1 Å². The van der Waals surface area contributed by atoms with E-state index in [4.69, 9.17) is 0 Å². The molecule has 1 aromatic carbocycles. The SMILES string of the molecule is Cc1ccc(Cc2nc(C(=O)N3CCCC(C(C)O)C3)cs2)cc1. The molecule has 2 heterocycles. The Morgan fingerprint density at radius 2 is 2.17 bits per heavy atom. The van der Waals surface area contributed by atoms with Crippen molar-refractivity contribution in [2.45, 2.75) is 39.2 Å². The fourth-order valence-corrected chi connectivity index (χ4v) is 3.92. The van der Waals surface area contributed by atoms with E-state index in [0.29, 0.717) is 12.2 Å². The lowest BCUT2D eigenvalue weighted by Gasteiger charge is -2.33. The second kappa shape index (κ2) is 7.45. The molecule has 1 saturated heterocycles. The minimum absolute atomic E-state index is 0.00763. The summed E-state index contributed by atoms with van der Waals surface area (Å²) in [5.74, 6) is 0.167. The van der Waals surface area contributed by atoms with Crippen molar-refractivity contribution in [1.29, 1.82) is 0 Å². The van der Waals surface area contributed by atoms with Gasteiger partial charge in [-0.15, -0.1) is 11.3 Å². The Morgan fingerprint density at radius 1 is 1.42 bits per heavy atom. The number of aliphatic hydroxyl groups excluding tert-OH is 1. The highest BCUT2D eigenvalue weighted by molar-refractivity contribution is 7.09. The highest BCUT2D eigenvalue weighted by Crippen LogP contribution is 2.22. The molecular weight excluding hydrogens is 320 g/mol. The third-order valence-corrected chi connectivity index (χ3v) is 5.52. The summed E-state index contributed by atoms with van der Waals surface area (Å²) in [7, 11) is 0. The van der Waals surface area contributed by atoms with Crippen molar-refractivity contribution in [3.05, 3.63) is 51.5 Å². The van der Waals surface area contributed by atoms with Gasteiger partial charge in [0.2, 0.25) is 0 Å². The van der Waals surface area contributed by atoms with E-state index in [2.05, 4.69) is 36.2 Å². The van der Waals surface area contributed by atoms with Crippen molar-refractivity contribution in [3.63, 3.8) is 0 Å². The van der Waals surface area contributed by atoms with Crippen molar-refractivity contribution < 1.29 is 9.90 Å². The predicted molar refractivity (Wildman–Crippen MR) is 96.4 cm³/mol. The van der Waals surface area contributed by atoms with Crippen LogP contribution in [0.25, 0.3) is 0 Å². The van der Waals surface area contributed by atoms with Crippen LogP contribution in [-0.2, 0) is 6.42 Å². The number of aromatic nitrogens is 1. The van der Waals surface area contributed by atoms with Gasteiger partial charge in [-0.05, 0) is 32.3 Å². The molecule has 128 valence electrons. The zero-order valence-corrected chi connectivity index (χ0v) is 15.1. The molecule has 1 aliphatic heterocycles. The van der Waals surface area contributed by atoms with Gasteiger partial charge in [0.15, 0.2) is 0 Å². The number of rotatable bonds is 4. The first-order valence-corrected chi connectivity index (χ1v) is 9.38. The van der Waals surface area contributed by atoms with Gasteiger partial charge in [0.05, 0.1) is 11.1 Å². The van der Waals surface area contributed by atoms with Crippen molar-refractivity contribution in [3.8, 4) is 0 Å². The molecule has 0 aliphatic carbocycles. The molecule has 1 fully saturated rings. The largest absolute Gasteiger partial charge is 0.393 e. The fraction of sp³-hybridized carbons (Fsp3) is 0.474. The van der Waals surface area contributed by atoms with Crippen LogP contribution in [0.5, 0.6) is 0 Å². The van der Waals surface area contributed by atoms with Crippen molar-refractivity contribution in [1.82, 2.24) is 9.88 Å². The maximum atomic E-state index is 12.7. The zero-order valence-electron chi connectivity index (χ0n) is 14.2. The molecule has 3 rings (SSSR count). The Hall–Kier alpha value is -1.72. The number of hydrogen-bond acceptors (Lipinski definition) is 4. The molecular formula is C19H24N2O2S. The third-order valence-electron chi connectivity index (χ3n) is 4.67. The quantitative estimate of drug-likeness (QED) is 0.926. The molecule has 0 radical (unpaired) electrons. The van der Waals surface area contributed by atoms with Gasteiger partial charge in [0.25, 0.3) is 5.91 Å². The summed E-state index contributed by atoms with van der Waals surface area (Å²) < 4.78 is 0. The molecule has 1 aliphatic rings. The number of thiazole rings is 1. The van der Waals surface area contributed by atoms with Gasteiger partial charge in [-0.3, -0.25) is 4.79 Å². The normalized spacial score (nSPS) is 19.3. The van der Waals surface area contributed by atoms with E-state index in [1.54, 1.807) is 18.3 Å². The van der Waals surface area contributed by atoms with Crippen LogP contribution in [0.2, 0.25) is 0 Å². The van der Waals surface area contributed by atoms with Gasteiger partial charge < -0.3 is 10.0 Å². The molecule has 1 amide bonds. The number of aryl methyl sites for hydroxylation is 1. The summed E-state index contributed by atoms with van der Waals surface area (Å²) in [6, 6.07) is 8.41. The maximum absolute atomic E-state index is 12.7. The monoisotopic (exact) mass is 344 g/mol. The van der Waals surface area contributed by atoms with E-state index in [0.717, 1.165) is 30.8 Å². The summed E-state index contributed by atoms with van der Waals surface area (Å²) in [5, 5.41) is 12.6. The Morgan fingerprint density at radius 3 is 2.88 bits per heavy atom. The zero-order chi connectivity index (χ0) is 17.1. The molecule has 0 spiro atoms. The lowest BCUT2D eigenvalue weighted by atomic mass is 9.93. The molecule has 2 unspecified atom stereocenters. The number of carbonyl (C=O) groups excluding carboxylic acids is 1. The number of hydrogen-bond donors (Lipinski definition) is 1. The van der Waals surface area contributed by atoms with Gasteiger partial charge in [0.1, 0.15) is 5.69 Å². The number of aliphatic hydroxyl groups is 1. The van der Waals surface area contributed by atoms with Gasteiger partial charge in [-0.1, -0.05) is 29.8 Å². The number of amides is 1. The maximum Gasteiger partial charge on any atom is 0.273 e. The predicted octanol–water partition coefficient (Wildman–Crippen LogP) is 3.28. The lowest BCUT2D eigenvalue weighted by molar-refractivity contribution is 0.0462. The van der Waals surface area contributed by atoms with Gasteiger partial charge >= 0.3 is 0 Å². The second-order valence-electron chi connectivity index (χ2n) is 6.68. The average Bonchev–Trinajstić information content (AvgIpc) is 3.05. The Labute approximate surface area is 147 Å². The standard InChI is InChI=1S/C19H24N2O2S/c1-13-5-7-15(8-6-13)10-18-20-17(12-24-18)19(23)21-9-3-4-16(11-21)14(2)22/h5-8,12,14,16,22H,3-4,9-11H2,1-2H3. The van der Waals surface area contributed by atoms with Crippen LogP contribution in [0.4, 0.5) is 0 Å². The van der Waals surface area contributed by atoms with Crippen molar-refractivity contribution in [2.24, 2.45) is 5.92 Å². The summed E-state index contributed by atoms with van der Waals surface area (Å²) >= 11 is 1.54. The van der Waals surface area contributed by atoms with E-state index in [1.807, 2.05) is 10.3 Å². The number of carbonyl (C=O) groups is 1. The molecule has 24 heavy (non-hydrogen) atoms. The summed E-state index contributed by atoms with van der Waals surface area (Å²) in [6.07, 6.45) is 2.32.